The fourth-order valence-corrected chi connectivity index (χ4v) is 12.7. The third-order valence-electron chi connectivity index (χ3n) is 18.5. The molecule has 5 fully saturated rings. The molecule has 502 valence electrons. The summed E-state index contributed by atoms with van der Waals surface area (Å²) in [5.74, 6) is -7.96. The van der Waals surface area contributed by atoms with Crippen molar-refractivity contribution in [1.82, 2.24) is 4.90 Å². The largest absolute Gasteiger partial charge is 0.460 e. The molecule has 0 aromatic carbocycles. The topological polar surface area (TPSA) is 385 Å². The van der Waals surface area contributed by atoms with E-state index in [1.54, 1.807) is 41.1 Å². The van der Waals surface area contributed by atoms with E-state index in [1.165, 1.54) is 12.0 Å². The number of carbonyl (C=O) groups excluding carboxylic acids is 5. The third kappa shape index (κ3) is 19.2. The van der Waals surface area contributed by atoms with E-state index in [2.05, 4.69) is 0 Å². The average Bonchev–Trinajstić information content (AvgIpc) is 1.44. The van der Waals surface area contributed by atoms with Crippen molar-refractivity contribution in [2.24, 2.45) is 35.5 Å². The van der Waals surface area contributed by atoms with Crippen molar-refractivity contribution in [2.75, 3.05) is 41.1 Å². The molecule has 25 atom stereocenters. The summed E-state index contributed by atoms with van der Waals surface area (Å²) in [4.78, 5) is 71.8. The zero-order valence-electron chi connectivity index (χ0n) is 52.6. The molecule has 4 saturated heterocycles. The van der Waals surface area contributed by atoms with Crippen molar-refractivity contribution in [3.63, 3.8) is 0 Å². The van der Waals surface area contributed by atoms with E-state index in [0.29, 0.717) is 63.4 Å². The molecule has 2 bridgehead atoms. The highest BCUT2D eigenvalue weighted by Gasteiger charge is 2.54. The highest BCUT2D eigenvalue weighted by molar-refractivity contribution is 6.39. The van der Waals surface area contributed by atoms with Crippen molar-refractivity contribution < 1.29 is 118 Å². The lowest BCUT2D eigenvalue weighted by atomic mass is 9.78. The molecule has 6 aliphatic rings. The molecule has 5 heterocycles. The quantitative estimate of drug-likeness (QED) is 0.0818. The van der Waals surface area contributed by atoms with Crippen molar-refractivity contribution in [3.8, 4) is 0 Å². The van der Waals surface area contributed by atoms with Gasteiger partial charge in [0.15, 0.2) is 18.4 Å². The van der Waals surface area contributed by atoms with Crippen LogP contribution < -0.4 is 0 Å². The summed E-state index contributed by atoms with van der Waals surface area (Å²) in [7, 11) is 4.52. The second-order valence-corrected chi connectivity index (χ2v) is 25.1. The lowest BCUT2D eigenvalue weighted by molar-refractivity contribution is -0.355. The molecule has 0 unspecified atom stereocenters. The first-order valence-corrected chi connectivity index (χ1v) is 31.0. The maximum absolute atomic E-state index is 14.4. The van der Waals surface area contributed by atoms with E-state index in [4.69, 9.17) is 43.0 Å². The first-order chi connectivity index (χ1) is 41.6. The van der Waals surface area contributed by atoms with E-state index in [-0.39, 0.29) is 54.8 Å². The number of piperidine rings is 1. The molecular formula is C63H101NO24. The number of aliphatic hydroxyl groups is 11. The molecule has 1 amide bonds. The minimum Gasteiger partial charge on any atom is -0.460 e. The third-order valence-corrected chi connectivity index (χ3v) is 18.5. The van der Waals surface area contributed by atoms with Crippen molar-refractivity contribution in [1.29, 1.82) is 0 Å². The minimum atomic E-state index is -2.43. The van der Waals surface area contributed by atoms with Gasteiger partial charge in [0, 0.05) is 58.5 Å². The summed E-state index contributed by atoms with van der Waals surface area (Å²) < 4.78 is 44.6. The van der Waals surface area contributed by atoms with Gasteiger partial charge in [-0.05, 0) is 107 Å². The monoisotopic (exact) mass is 1260 g/mol. The first-order valence-electron chi connectivity index (χ1n) is 31.0. The van der Waals surface area contributed by atoms with Crippen LogP contribution in [0.25, 0.3) is 0 Å². The van der Waals surface area contributed by atoms with Gasteiger partial charge in [-0.1, -0.05) is 71.1 Å². The highest BCUT2D eigenvalue weighted by atomic mass is 16.7. The molecule has 25 heteroatoms. The molecule has 0 aromatic heterocycles. The Bertz CT molecular complexity index is 2380. The second kappa shape index (κ2) is 34.7. The van der Waals surface area contributed by atoms with Crippen LogP contribution in [-0.2, 0) is 61.9 Å². The minimum absolute atomic E-state index is 0.0193. The van der Waals surface area contributed by atoms with Gasteiger partial charge in [0.1, 0.15) is 79.0 Å². The normalized spacial score (nSPS) is 43.4. The summed E-state index contributed by atoms with van der Waals surface area (Å²) in [5.41, 5.74) is 1.27. The number of methoxy groups -OCH3 is 3. The number of carbonyl (C=O) groups is 5. The van der Waals surface area contributed by atoms with Crippen LogP contribution in [0.1, 0.15) is 126 Å². The molecule has 5 aliphatic heterocycles. The summed E-state index contributed by atoms with van der Waals surface area (Å²) in [6.45, 7) is 11.4. The van der Waals surface area contributed by atoms with Gasteiger partial charge in [-0.3, -0.25) is 19.2 Å². The van der Waals surface area contributed by atoms with E-state index in [0.717, 1.165) is 12.0 Å². The molecule has 1 aliphatic carbocycles. The Morgan fingerprint density at radius 3 is 2.07 bits per heavy atom. The lowest BCUT2D eigenvalue weighted by Gasteiger charge is -2.45. The SMILES string of the molecule is CO[C@H]1C[C@@H]2CC[C@@H](C)[C@@](O)(O2)C(=O)C(=O)N2CCCC[C@H]2C(=O)O[C@H]([C@H](C)C[C@@H]2CC[C@@H](O)[C@H](OC)C2)CC(=O)[C@H](C)/C=C(\C)[C@@H](O)[C@@H](OC)C(=O)[C@H](C)C[C@H](C)/C=C/C=C/C=C/1C.OC[C@H]1O[C@@H](O[C@H]2[C@H](O)[C@@H](O)[C@H](O)O[C@@H]2CO)[C@H](O)[C@@H](O)[C@H]1O. The molecule has 25 nitrogen and oxygen atoms in total. The summed E-state index contributed by atoms with van der Waals surface area (Å²) in [6, 6.07) is -1.14. The van der Waals surface area contributed by atoms with Crippen molar-refractivity contribution in [2.45, 2.75) is 241 Å². The Labute approximate surface area is 516 Å². The number of amides is 1. The number of rotatable bonds is 10. The Hall–Kier alpha value is -3.81. The smallest absolute Gasteiger partial charge is 0.329 e. The predicted octanol–water partition coefficient (Wildman–Crippen LogP) is 0.783. The van der Waals surface area contributed by atoms with Crippen molar-refractivity contribution in [3.05, 3.63) is 47.6 Å². The zero-order chi connectivity index (χ0) is 65.5. The van der Waals surface area contributed by atoms with Gasteiger partial charge in [0.2, 0.25) is 5.79 Å². The average molecular weight is 1260 g/mol. The fraction of sp³-hybridized carbons (Fsp3) is 0.794. The number of ketones is 3. The van der Waals surface area contributed by atoms with Crippen LogP contribution in [0.3, 0.4) is 0 Å². The van der Waals surface area contributed by atoms with Crippen molar-refractivity contribution >= 4 is 29.2 Å². The zero-order valence-corrected chi connectivity index (χ0v) is 52.6. The van der Waals surface area contributed by atoms with Gasteiger partial charge in [-0.15, -0.1) is 0 Å². The van der Waals surface area contributed by atoms with Crippen LogP contribution in [0.15, 0.2) is 47.6 Å². The van der Waals surface area contributed by atoms with Gasteiger partial charge in [0.25, 0.3) is 11.7 Å². The number of esters is 1. The Kier molecular flexibility index (Phi) is 29.6. The summed E-state index contributed by atoms with van der Waals surface area (Å²) in [6.07, 6.45) is -4.39. The maximum atomic E-state index is 14.4. The molecule has 0 spiro atoms. The highest BCUT2D eigenvalue weighted by Crippen LogP contribution is 2.38. The number of hydrogen-bond donors (Lipinski definition) is 11. The molecule has 6 rings (SSSR count). The van der Waals surface area contributed by atoms with Crippen LogP contribution in [0.5, 0.6) is 0 Å². The van der Waals surface area contributed by atoms with Crippen LogP contribution in [0.4, 0.5) is 0 Å². The Balaban J connectivity index is 0.000000510. The standard InChI is InChI=1S/C51H79NO13.C12H22O11/c1-30-16-12-11-13-17-31(2)42(61-8)28-38-21-19-36(7)51(60,65-38)48(57)49(58)52-23-15-14-18-39(52)50(59)64-43(33(4)26-37-20-22-40(53)44(27-37)62-9)29-41(54)32(3)25-35(6)46(56)47(63-10)45(55)34(5)24-30;13-1-3-5(15)6(16)9(19)12(22-3)23-10-4(2-14)21-11(20)8(18)7(10)17/h11-13,16-17,25,30,32-34,36-40,42-44,46-47,53,56,60H,14-15,18-24,26-29H2,1-10H3;3-20H,1-2H2/b13-11+,16-12+,31-17+,35-25+;/t30-,32-,33-,34-,36-,37+,38+,39+,40-,42+,43+,44-,46-,47+,51-;3-,4-,5+,6+,7-,8-,9-,10-,11-,12+/m11/s1. The second-order valence-electron chi connectivity index (χ2n) is 25.1. The van der Waals surface area contributed by atoms with Crippen LogP contribution in [-0.4, -0.2) is 247 Å². The molecule has 0 radical (unpaired) electrons. The number of allylic oxidation sites excluding steroid dienone is 6. The van der Waals surface area contributed by atoms with Crippen LogP contribution >= 0.6 is 0 Å². The number of hydrogen-bond acceptors (Lipinski definition) is 24. The molecule has 1 saturated carbocycles. The molecule has 11 N–H and O–H groups in total. The molecule has 88 heavy (non-hydrogen) atoms. The van der Waals surface area contributed by atoms with Gasteiger partial charge < -0.3 is 99.0 Å². The number of fused-ring (bicyclic) bond motifs is 3. The number of Topliss-reactive ketones (excluding diaryl/α,β-unsaturated/α-hetero) is 3. The van der Waals surface area contributed by atoms with Crippen LogP contribution in [0, 0.1) is 35.5 Å². The molecule has 0 aromatic rings. The van der Waals surface area contributed by atoms with Crippen LogP contribution in [0.2, 0.25) is 0 Å². The maximum Gasteiger partial charge on any atom is 0.329 e. The first kappa shape index (κ1) is 74.9. The van der Waals surface area contributed by atoms with Gasteiger partial charge in [0.05, 0.1) is 37.6 Å². The Morgan fingerprint density at radius 2 is 1.42 bits per heavy atom. The van der Waals surface area contributed by atoms with E-state index >= 15 is 0 Å². The Morgan fingerprint density at radius 1 is 0.727 bits per heavy atom. The molecular weight excluding hydrogens is 1150 g/mol. The lowest BCUT2D eigenvalue weighted by Crippen LogP contribution is -2.64. The van der Waals surface area contributed by atoms with Gasteiger partial charge >= 0.3 is 5.97 Å². The fourth-order valence-electron chi connectivity index (χ4n) is 12.7. The van der Waals surface area contributed by atoms with Gasteiger partial charge in [-0.25, -0.2) is 4.79 Å². The number of ether oxygens (including phenoxy) is 8. The van der Waals surface area contributed by atoms with E-state index in [1.807, 2.05) is 58.1 Å². The summed E-state index contributed by atoms with van der Waals surface area (Å²) >= 11 is 0. The van der Waals surface area contributed by atoms with E-state index < -0.39 is 158 Å². The van der Waals surface area contributed by atoms with E-state index in [9.17, 15) is 75.0 Å². The predicted molar refractivity (Wildman–Crippen MR) is 314 cm³/mol. The summed E-state index contributed by atoms with van der Waals surface area (Å²) in [5, 5.41) is 110. The van der Waals surface area contributed by atoms with Gasteiger partial charge in [-0.2, -0.15) is 0 Å². The number of cyclic esters (lactones) is 1. The number of aliphatic hydroxyl groups excluding tert-OH is 10. The number of nitrogens with zero attached hydrogens (tertiary/aromatic N) is 1.